The van der Waals surface area contributed by atoms with Crippen molar-refractivity contribution in [3.05, 3.63) is 71.7 Å². The molecule has 0 atom stereocenters. The van der Waals surface area contributed by atoms with Gasteiger partial charge in [-0.2, -0.15) is 0 Å². The van der Waals surface area contributed by atoms with Gasteiger partial charge in [0.2, 0.25) is 5.88 Å². The van der Waals surface area contributed by atoms with Crippen molar-refractivity contribution in [2.24, 2.45) is 5.73 Å². The number of hydrogen-bond donors (Lipinski definition) is 2. The van der Waals surface area contributed by atoms with Crippen LogP contribution in [0.4, 0.5) is 15.8 Å². The minimum Gasteiger partial charge on any atom is -0.494 e. The van der Waals surface area contributed by atoms with Crippen LogP contribution < -0.4 is 24.8 Å². The van der Waals surface area contributed by atoms with E-state index >= 15 is 4.39 Å². The summed E-state index contributed by atoms with van der Waals surface area (Å²) >= 11 is 0. The Kier molecular flexibility index (Phi) is 8.52. The number of ether oxygens (including phenoxy) is 3. The first-order chi connectivity index (χ1) is 16.7. The molecule has 0 aliphatic carbocycles. The first-order valence-corrected chi connectivity index (χ1v) is 11.7. The Hall–Kier alpha value is -3.81. The van der Waals surface area contributed by atoms with E-state index in [0.29, 0.717) is 35.2 Å². The van der Waals surface area contributed by atoms with E-state index in [1.807, 2.05) is 46.8 Å². The van der Waals surface area contributed by atoms with E-state index in [0.717, 1.165) is 0 Å². The summed E-state index contributed by atoms with van der Waals surface area (Å²) in [5.41, 5.74) is 7.86. The van der Waals surface area contributed by atoms with Gasteiger partial charge in [-0.05, 0) is 65.0 Å². The summed E-state index contributed by atoms with van der Waals surface area (Å²) in [5, 5.41) is 7.68. The molecule has 0 spiro atoms. The Labute approximate surface area is 206 Å². The molecule has 0 saturated carbocycles. The van der Waals surface area contributed by atoms with E-state index in [2.05, 4.69) is 4.98 Å². The van der Waals surface area contributed by atoms with E-state index in [1.54, 1.807) is 47.4 Å². The molecule has 3 aromatic rings. The van der Waals surface area contributed by atoms with Gasteiger partial charge in [-0.1, -0.05) is 6.07 Å². The predicted molar refractivity (Wildman–Crippen MR) is 137 cm³/mol. The van der Waals surface area contributed by atoms with Crippen LogP contribution in [0.3, 0.4) is 0 Å². The van der Waals surface area contributed by atoms with Gasteiger partial charge in [0, 0.05) is 29.4 Å². The normalized spacial score (nSPS) is 11.0. The standard InChI is InChI=1S/C27H33FN4O3/c1-6-33-22-14-23(26(28)24(15-22)34-17(2)3)32(21-12-10-19(11-13-21)27(29)30)16-20-8-7-9-25(31-20)35-18(4)5/h7-15,17-18H,6,16H2,1-5H3,(H3,29,30). The second-order valence-electron chi connectivity index (χ2n) is 8.53. The Morgan fingerprint density at radius 1 is 1.03 bits per heavy atom. The molecule has 0 aliphatic heterocycles. The number of anilines is 2. The van der Waals surface area contributed by atoms with Crippen molar-refractivity contribution in [3.8, 4) is 17.4 Å². The van der Waals surface area contributed by atoms with Crippen molar-refractivity contribution in [1.82, 2.24) is 4.98 Å². The minimum absolute atomic E-state index is 0.0240. The van der Waals surface area contributed by atoms with E-state index in [-0.39, 0.29) is 36.0 Å². The van der Waals surface area contributed by atoms with E-state index in [1.165, 1.54) is 0 Å². The van der Waals surface area contributed by atoms with Crippen LogP contribution in [0, 0.1) is 11.2 Å². The van der Waals surface area contributed by atoms with Gasteiger partial charge >= 0.3 is 0 Å². The Morgan fingerprint density at radius 3 is 2.31 bits per heavy atom. The quantitative estimate of drug-likeness (QED) is 0.265. The number of nitrogens with one attached hydrogen (secondary N) is 1. The number of pyridine rings is 1. The summed E-state index contributed by atoms with van der Waals surface area (Å²) in [6.07, 6.45) is -0.243. The lowest BCUT2D eigenvalue weighted by Crippen LogP contribution is -2.20. The molecule has 186 valence electrons. The van der Waals surface area contributed by atoms with Gasteiger partial charge in [0.1, 0.15) is 11.6 Å². The smallest absolute Gasteiger partial charge is 0.213 e. The molecule has 0 amide bonds. The van der Waals surface area contributed by atoms with Crippen molar-refractivity contribution in [2.75, 3.05) is 11.5 Å². The van der Waals surface area contributed by atoms with Gasteiger partial charge in [-0.25, -0.2) is 9.37 Å². The molecule has 3 rings (SSSR count). The van der Waals surface area contributed by atoms with Crippen LogP contribution in [-0.2, 0) is 6.54 Å². The Bertz CT molecular complexity index is 1150. The van der Waals surface area contributed by atoms with Gasteiger partial charge in [-0.3, -0.25) is 5.41 Å². The van der Waals surface area contributed by atoms with E-state index in [9.17, 15) is 0 Å². The van der Waals surface area contributed by atoms with Crippen molar-refractivity contribution < 1.29 is 18.6 Å². The molecule has 1 heterocycles. The van der Waals surface area contributed by atoms with E-state index in [4.69, 9.17) is 25.4 Å². The summed E-state index contributed by atoms with van der Waals surface area (Å²) in [7, 11) is 0. The number of amidine groups is 1. The highest BCUT2D eigenvalue weighted by atomic mass is 19.1. The molecule has 0 unspecified atom stereocenters. The molecule has 1 aromatic heterocycles. The molecule has 0 saturated heterocycles. The van der Waals surface area contributed by atoms with Crippen molar-refractivity contribution in [2.45, 2.75) is 53.4 Å². The molecule has 0 aliphatic rings. The summed E-state index contributed by atoms with van der Waals surface area (Å²) in [5.74, 6) is 0.551. The van der Waals surface area contributed by atoms with Gasteiger partial charge in [0.05, 0.1) is 36.7 Å². The molecule has 0 bridgehead atoms. The average Bonchev–Trinajstić information content (AvgIpc) is 2.79. The highest BCUT2D eigenvalue weighted by molar-refractivity contribution is 5.95. The lowest BCUT2D eigenvalue weighted by atomic mass is 10.1. The maximum atomic E-state index is 15.8. The van der Waals surface area contributed by atoms with Crippen LogP contribution in [0.15, 0.2) is 54.6 Å². The largest absolute Gasteiger partial charge is 0.494 e. The number of benzene rings is 2. The van der Waals surface area contributed by atoms with Crippen molar-refractivity contribution in [1.29, 1.82) is 5.41 Å². The first-order valence-electron chi connectivity index (χ1n) is 11.7. The summed E-state index contributed by atoms with van der Waals surface area (Å²) in [4.78, 5) is 6.39. The molecule has 7 nitrogen and oxygen atoms in total. The third-order valence-corrected chi connectivity index (χ3v) is 4.91. The number of hydrogen-bond acceptors (Lipinski definition) is 6. The van der Waals surface area contributed by atoms with Crippen LogP contribution in [0.1, 0.15) is 45.9 Å². The Balaban J connectivity index is 2.12. The topological polar surface area (TPSA) is 93.7 Å². The molecule has 3 N–H and O–H groups in total. The monoisotopic (exact) mass is 480 g/mol. The zero-order valence-corrected chi connectivity index (χ0v) is 20.8. The molecular weight excluding hydrogens is 447 g/mol. The molecule has 0 radical (unpaired) electrons. The maximum Gasteiger partial charge on any atom is 0.213 e. The number of nitrogens with two attached hydrogens (primary N) is 1. The third kappa shape index (κ3) is 6.85. The number of aromatic nitrogens is 1. The average molecular weight is 481 g/mol. The fraction of sp³-hybridized carbons (Fsp3) is 0.333. The van der Waals surface area contributed by atoms with Crippen molar-refractivity contribution in [3.63, 3.8) is 0 Å². The summed E-state index contributed by atoms with van der Waals surface area (Å²) < 4.78 is 33.1. The van der Waals surface area contributed by atoms with Gasteiger partial charge in [0.25, 0.3) is 0 Å². The molecule has 2 aromatic carbocycles. The molecule has 0 fully saturated rings. The number of nitrogens with zero attached hydrogens (tertiary/aromatic N) is 2. The van der Waals surface area contributed by atoms with Crippen LogP contribution in [0.25, 0.3) is 0 Å². The van der Waals surface area contributed by atoms with Crippen LogP contribution >= 0.6 is 0 Å². The zero-order valence-electron chi connectivity index (χ0n) is 20.8. The minimum atomic E-state index is -0.507. The highest BCUT2D eigenvalue weighted by Crippen LogP contribution is 2.38. The Morgan fingerprint density at radius 2 is 1.71 bits per heavy atom. The van der Waals surface area contributed by atoms with Gasteiger partial charge in [0.15, 0.2) is 11.6 Å². The van der Waals surface area contributed by atoms with Gasteiger partial charge in [-0.15, -0.1) is 0 Å². The number of nitrogen functional groups attached to an aromatic ring is 1. The second kappa shape index (κ2) is 11.6. The molecular formula is C27H33FN4O3. The van der Waals surface area contributed by atoms with E-state index < -0.39 is 5.82 Å². The SMILES string of the molecule is CCOc1cc(OC(C)C)c(F)c(N(Cc2cccc(OC(C)C)n2)c2ccc(C(=N)N)cc2)c1. The predicted octanol–water partition coefficient (Wildman–Crippen LogP) is 5.82. The van der Waals surface area contributed by atoms with Crippen LogP contribution in [0.5, 0.6) is 17.4 Å². The van der Waals surface area contributed by atoms with Crippen LogP contribution in [0.2, 0.25) is 0 Å². The summed E-state index contributed by atoms with van der Waals surface area (Å²) in [6, 6.07) is 15.8. The molecule has 35 heavy (non-hydrogen) atoms. The molecule has 8 heteroatoms. The lowest BCUT2D eigenvalue weighted by molar-refractivity contribution is 0.229. The summed E-state index contributed by atoms with van der Waals surface area (Å²) in [6.45, 7) is 10.1. The highest BCUT2D eigenvalue weighted by Gasteiger charge is 2.22. The van der Waals surface area contributed by atoms with Crippen LogP contribution in [-0.4, -0.2) is 29.6 Å². The fourth-order valence-corrected chi connectivity index (χ4v) is 3.50. The maximum absolute atomic E-state index is 15.8. The zero-order chi connectivity index (χ0) is 25.5. The lowest BCUT2D eigenvalue weighted by Gasteiger charge is -2.27. The van der Waals surface area contributed by atoms with Crippen molar-refractivity contribution >= 4 is 17.2 Å². The third-order valence-electron chi connectivity index (χ3n) is 4.91. The second-order valence-corrected chi connectivity index (χ2v) is 8.53. The number of halogens is 1. The first kappa shape index (κ1) is 25.8. The fourth-order valence-electron chi connectivity index (χ4n) is 3.50. The number of rotatable bonds is 11. The van der Waals surface area contributed by atoms with Gasteiger partial charge < -0.3 is 24.8 Å².